The van der Waals surface area contributed by atoms with E-state index in [1.165, 1.54) is 6.20 Å². The number of carboxylic acids is 1. The van der Waals surface area contributed by atoms with E-state index in [1.54, 1.807) is 31.5 Å². The van der Waals surface area contributed by atoms with Crippen LogP contribution in [0, 0.1) is 6.92 Å². The molecule has 9 heteroatoms. The minimum atomic E-state index is -1.17. The lowest BCUT2D eigenvalue weighted by Crippen LogP contribution is -2.30. The minimum Gasteiger partial charge on any atom is -0.505 e. The maximum absolute atomic E-state index is 11.8. The Morgan fingerprint density at radius 3 is 2.54 bits per heavy atom. The summed E-state index contributed by atoms with van der Waals surface area (Å²) in [6.07, 6.45) is 4.69. The Morgan fingerprint density at radius 1 is 1.33 bits per heavy atom. The van der Waals surface area contributed by atoms with Gasteiger partial charge in [0, 0.05) is 35.3 Å². The van der Waals surface area contributed by atoms with Gasteiger partial charge in [0.25, 0.3) is 12.4 Å². The molecule has 0 aliphatic carbocycles. The first-order chi connectivity index (χ1) is 11.4. The SMILES string of the molecule is Cc1c(-c2cccnc2)cnc(C(=O)NCC(=O)O)c1O.O=CO. The van der Waals surface area contributed by atoms with Crippen molar-refractivity contribution < 1.29 is 29.7 Å². The third-order valence-electron chi connectivity index (χ3n) is 2.89. The van der Waals surface area contributed by atoms with Gasteiger partial charge >= 0.3 is 5.97 Å². The minimum absolute atomic E-state index is 0.207. The van der Waals surface area contributed by atoms with E-state index < -0.39 is 18.4 Å². The summed E-state index contributed by atoms with van der Waals surface area (Å²) in [5.41, 5.74) is 1.67. The maximum Gasteiger partial charge on any atom is 0.322 e. The Bertz CT molecular complexity index is 733. The van der Waals surface area contributed by atoms with Crippen LogP contribution in [0.15, 0.2) is 30.7 Å². The number of nitrogens with zero attached hydrogens (tertiary/aromatic N) is 2. The Kier molecular flexibility index (Phi) is 6.83. The molecular formula is C15H15N3O6. The highest BCUT2D eigenvalue weighted by molar-refractivity contribution is 5.97. The van der Waals surface area contributed by atoms with Crippen LogP contribution in [-0.2, 0) is 9.59 Å². The highest BCUT2D eigenvalue weighted by atomic mass is 16.4. The van der Waals surface area contributed by atoms with Gasteiger partial charge in [-0.15, -0.1) is 0 Å². The quantitative estimate of drug-likeness (QED) is 0.596. The monoisotopic (exact) mass is 333 g/mol. The Morgan fingerprint density at radius 2 is 2.00 bits per heavy atom. The van der Waals surface area contributed by atoms with Gasteiger partial charge in [-0.2, -0.15) is 0 Å². The van der Waals surface area contributed by atoms with Crippen LogP contribution in [0.5, 0.6) is 5.75 Å². The summed E-state index contributed by atoms with van der Waals surface area (Å²) < 4.78 is 0. The van der Waals surface area contributed by atoms with Gasteiger partial charge in [-0.1, -0.05) is 6.07 Å². The van der Waals surface area contributed by atoms with E-state index in [0.29, 0.717) is 11.1 Å². The molecule has 0 aromatic carbocycles. The van der Waals surface area contributed by atoms with Gasteiger partial charge in [-0.05, 0) is 13.0 Å². The van der Waals surface area contributed by atoms with Crippen molar-refractivity contribution in [3.63, 3.8) is 0 Å². The number of pyridine rings is 2. The number of carboxylic acid groups (broad SMARTS) is 2. The number of aromatic hydroxyl groups is 1. The van der Waals surface area contributed by atoms with Crippen LogP contribution in [0.2, 0.25) is 0 Å². The molecule has 126 valence electrons. The van der Waals surface area contributed by atoms with Gasteiger partial charge in [-0.25, -0.2) is 4.98 Å². The fourth-order valence-electron chi connectivity index (χ4n) is 1.81. The number of hydrogen-bond acceptors (Lipinski definition) is 6. The largest absolute Gasteiger partial charge is 0.505 e. The number of carbonyl (C=O) groups excluding carboxylic acids is 1. The standard InChI is InChI=1S/C14H13N3O4.CH2O2/c1-8-10(9-3-2-4-15-5-9)6-16-12(13(8)20)14(21)17-7-11(18)19;2-1-3/h2-6,20H,7H2,1H3,(H,17,21)(H,18,19);1H,(H,2,3). The number of aromatic nitrogens is 2. The zero-order valence-corrected chi connectivity index (χ0v) is 12.6. The summed E-state index contributed by atoms with van der Waals surface area (Å²) in [7, 11) is 0. The van der Waals surface area contributed by atoms with Crippen LogP contribution in [0.4, 0.5) is 0 Å². The van der Waals surface area contributed by atoms with Crippen molar-refractivity contribution in [1.82, 2.24) is 15.3 Å². The molecule has 2 aromatic rings. The van der Waals surface area contributed by atoms with Gasteiger partial charge < -0.3 is 20.6 Å². The van der Waals surface area contributed by atoms with Gasteiger partial charge in [0.1, 0.15) is 12.3 Å². The molecular weight excluding hydrogens is 318 g/mol. The summed E-state index contributed by atoms with van der Waals surface area (Å²) in [4.78, 5) is 38.4. The lowest BCUT2D eigenvalue weighted by molar-refractivity contribution is -0.135. The van der Waals surface area contributed by atoms with Crippen molar-refractivity contribution >= 4 is 18.3 Å². The van der Waals surface area contributed by atoms with Gasteiger partial charge in [0.2, 0.25) is 0 Å². The highest BCUT2D eigenvalue weighted by Crippen LogP contribution is 2.30. The molecule has 0 fully saturated rings. The van der Waals surface area contributed by atoms with Crippen LogP contribution >= 0.6 is 0 Å². The van der Waals surface area contributed by atoms with Crippen molar-refractivity contribution in [3.8, 4) is 16.9 Å². The first-order valence-electron chi connectivity index (χ1n) is 6.59. The van der Waals surface area contributed by atoms with Crippen LogP contribution in [0.1, 0.15) is 16.1 Å². The zero-order chi connectivity index (χ0) is 18.1. The molecule has 0 bridgehead atoms. The van der Waals surface area contributed by atoms with Crippen LogP contribution < -0.4 is 5.32 Å². The number of amides is 1. The molecule has 0 radical (unpaired) electrons. The fraction of sp³-hybridized carbons (Fsp3) is 0.133. The average molecular weight is 333 g/mol. The zero-order valence-electron chi connectivity index (χ0n) is 12.6. The molecule has 0 spiro atoms. The van der Waals surface area contributed by atoms with E-state index in [0.717, 1.165) is 5.56 Å². The Balaban J connectivity index is 0.000000891. The molecule has 0 atom stereocenters. The van der Waals surface area contributed by atoms with E-state index >= 15 is 0 Å². The van der Waals surface area contributed by atoms with E-state index in [2.05, 4.69) is 15.3 Å². The second-order valence-corrected chi connectivity index (χ2v) is 4.42. The second-order valence-electron chi connectivity index (χ2n) is 4.42. The van der Waals surface area contributed by atoms with Crippen LogP contribution in [0.3, 0.4) is 0 Å². The Labute approximate surface area is 136 Å². The number of hydrogen-bond donors (Lipinski definition) is 4. The lowest BCUT2D eigenvalue weighted by atomic mass is 10.0. The van der Waals surface area contributed by atoms with Gasteiger partial charge in [-0.3, -0.25) is 19.4 Å². The lowest BCUT2D eigenvalue weighted by Gasteiger charge is -2.10. The molecule has 4 N–H and O–H groups in total. The van der Waals surface area contributed by atoms with E-state index in [4.69, 9.17) is 15.0 Å². The van der Waals surface area contributed by atoms with Crippen molar-refractivity contribution in [2.24, 2.45) is 0 Å². The maximum atomic E-state index is 11.8. The number of rotatable bonds is 4. The second kappa shape index (κ2) is 8.83. The molecule has 2 rings (SSSR count). The van der Waals surface area contributed by atoms with E-state index in [-0.39, 0.29) is 17.9 Å². The van der Waals surface area contributed by atoms with E-state index in [9.17, 15) is 14.7 Å². The molecule has 9 nitrogen and oxygen atoms in total. The third kappa shape index (κ3) is 4.77. The summed E-state index contributed by atoms with van der Waals surface area (Å²) >= 11 is 0. The average Bonchev–Trinajstić information content (AvgIpc) is 2.56. The van der Waals surface area contributed by atoms with E-state index in [1.807, 2.05) is 0 Å². The fourth-order valence-corrected chi connectivity index (χ4v) is 1.81. The van der Waals surface area contributed by atoms with Crippen molar-refractivity contribution in [2.45, 2.75) is 6.92 Å². The van der Waals surface area contributed by atoms with Crippen molar-refractivity contribution in [1.29, 1.82) is 0 Å². The van der Waals surface area contributed by atoms with Gasteiger partial charge in [0.05, 0.1) is 0 Å². The molecule has 2 aromatic heterocycles. The predicted molar refractivity (Wildman–Crippen MR) is 82.5 cm³/mol. The smallest absolute Gasteiger partial charge is 0.322 e. The summed E-state index contributed by atoms with van der Waals surface area (Å²) in [5, 5.41) is 27.6. The highest BCUT2D eigenvalue weighted by Gasteiger charge is 2.18. The molecule has 0 saturated carbocycles. The summed E-state index contributed by atoms with van der Waals surface area (Å²) in [5.74, 6) is -2.19. The van der Waals surface area contributed by atoms with Crippen molar-refractivity contribution in [3.05, 3.63) is 42.0 Å². The molecule has 0 aliphatic heterocycles. The summed E-state index contributed by atoms with van der Waals surface area (Å²) in [6, 6.07) is 3.56. The first-order valence-corrected chi connectivity index (χ1v) is 6.59. The molecule has 0 aliphatic rings. The van der Waals surface area contributed by atoms with Gasteiger partial charge in [0.15, 0.2) is 5.69 Å². The normalized spacial score (nSPS) is 9.38. The predicted octanol–water partition coefficient (Wildman–Crippen LogP) is 0.673. The van der Waals surface area contributed by atoms with Crippen LogP contribution in [-0.4, -0.2) is 50.2 Å². The van der Waals surface area contributed by atoms with Crippen molar-refractivity contribution in [2.75, 3.05) is 6.54 Å². The summed E-state index contributed by atoms with van der Waals surface area (Å²) in [6.45, 7) is 0.858. The third-order valence-corrected chi connectivity index (χ3v) is 2.89. The molecule has 2 heterocycles. The number of aliphatic carboxylic acids is 1. The topological polar surface area (TPSA) is 150 Å². The molecule has 24 heavy (non-hydrogen) atoms. The first kappa shape index (κ1) is 18.6. The number of carbonyl (C=O) groups is 3. The molecule has 0 saturated heterocycles. The number of nitrogens with one attached hydrogen (secondary N) is 1. The van der Waals surface area contributed by atoms with Crippen LogP contribution in [0.25, 0.3) is 11.1 Å². The molecule has 0 unspecified atom stereocenters. The molecule has 1 amide bonds. The Hall–Kier alpha value is -3.49.